The number of carbonyl (C=O) groups is 2. The van der Waals surface area contributed by atoms with E-state index in [1.54, 1.807) is 67.4 Å². The fraction of sp³-hybridized carbons (Fsp3) is 0.263. The second-order valence-corrected chi connectivity index (χ2v) is 14.0. The summed E-state index contributed by atoms with van der Waals surface area (Å²) >= 11 is 0. The van der Waals surface area contributed by atoms with Crippen LogP contribution in [0.25, 0.3) is 23.0 Å². The molecular weight excluding hydrogens is 655 g/mol. The predicted octanol–water partition coefficient (Wildman–Crippen LogP) is 5.57. The molecule has 50 heavy (non-hydrogen) atoms. The molecule has 0 bridgehead atoms. The van der Waals surface area contributed by atoms with Gasteiger partial charge in [0.05, 0.1) is 30.5 Å². The number of hydrogen-bond donors (Lipinski definition) is 0. The number of benzene rings is 3. The van der Waals surface area contributed by atoms with E-state index in [0.717, 1.165) is 35.4 Å². The number of carbonyl (C=O) groups excluding carboxylic acids is 2. The van der Waals surface area contributed by atoms with Gasteiger partial charge in [-0.1, -0.05) is 42.8 Å². The Morgan fingerprint density at radius 3 is 2.26 bits per heavy atom. The molecule has 12 heteroatoms. The van der Waals surface area contributed by atoms with Gasteiger partial charge < -0.3 is 9.47 Å². The summed E-state index contributed by atoms with van der Waals surface area (Å²) in [6.45, 7) is 2.63. The third-order valence-corrected chi connectivity index (χ3v) is 11.0. The molecule has 11 nitrogen and oxygen atoms in total. The number of piperidine rings is 1. The van der Waals surface area contributed by atoms with Crippen LogP contribution in [-0.4, -0.2) is 73.1 Å². The van der Waals surface area contributed by atoms with Crippen molar-refractivity contribution >= 4 is 27.9 Å². The lowest BCUT2D eigenvalue weighted by Gasteiger charge is -2.27. The molecular formula is C38H37N5O6S. The van der Waals surface area contributed by atoms with E-state index in [-0.39, 0.29) is 28.2 Å². The van der Waals surface area contributed by atoms with Crippen molar-refractivity contribution in [2.75, 3.05) is 33.9 Å². The van der Waals surface area contributed by atoms with Gasteiger partial charge in [-0.2, -0.15) is 14.7 Å². The zero-order valence-corrected chi connectivity index (χ0v) is 28.9. The van der Waals surface area contributed by atoms with Crippen molar-refractivity contribution in [3.05, 3.63) is 107 Å². The average molecular weight is 692 g/mol. The summed E-state index contributed by atoms with van der Waals surface area (Å²) in [4.78, 5) is 28.7. The van der Waals surface area contributed by atoms with E-state index in [1.807, 2.05) is 42.5 Å². The molecule has 2 amide bonds. The lowest BCUT2D eigenvalue weighted by molar-refractivity contribution is -0.140. The summed E-state index contributed by atoms with van der Waals surface area (Å²) in [6.07, 6.45) is 6.44. The maximum atomic E-state index is 14.0. The summed E-state index contributed by atoms with van der Waals surface area (Å²) in [6, 6.07) is 23.4. The maximum absolute atomic E-state index is 14.0. The monoisotopic (exact) mass is 691 g/mol. The molecule has 0 spiro atoms. The molecule has 0 saturated carbocycles. The Morgan fingerprint density at radius 1 is 0.900 bits per heavy atom. The van der Waals surface area contributed by atoms with Crippen molar-refractivity contribution in [1.82, 2.24) is 19.0 Å². The van der Waals surface area contributed by atoms with E-state index in [4.69, 9.17) is 14.6 Å². The predicted molar refractivity (Wildman–Crippen MR) is 188 cm³/mol. The van der Waals surface area contributed by atoms with Gasteiger partial charge in [-0.25, -0.2) is 13.1 Å². The lowest BCUT2D eigenvalue weighted by atomic mass is 9.93. The van der Waals surface area contributed by atoms with Crippen LogP contribution >= 0.6 is 0 Å². The van der Waals surface area contributed by atoms with Gasteiger partial charge in [0.2, 0.25) is 10.0 Å². The van der Waals surface area contributed by atoms with Crippen molar-refractivity contribution in [1.29, 1.82) is 5.26 Å². The van der Waals surface area contributed by atoms with E-state index in [0.29, 0.717) is 47.8 Å². The number of aromatic nitrogens is 2. The van der Waals surface area contributed by atoms with Crippen molar-refractivity contribution in [2.45, 2.75) is 37.5 Å². The summed E-state index contributed by atoms with van der Waals surface area (Å²) in [5, 5.41) is 14.9. The van der Waals surface area contributed by atoms with Crippen LogP contribution in [0.3, 0.4) is 0 Å². The second kappa shape index (κ2) is 14.5. The summed E-state index contributed by atoms with van der Waals surface area (Å²) < 4.78 is 40.6. The number of imide groups is 1. The first-order valence-corrected chi connectivity index (χ1v) is 17.8. The smallest absolute Gasteiger partial charge is 0.271 e. The molecule has 256 valence electrons. The molecule has 0 atom stereocenters. The zero-order valence-electron chi connectivity index (χ0n) is 28.1. The maximum Gasteiger partial charge on any atom is 0.271 e. The number of amides is 2. The summed E-state index contributed by atoms with van der Waals surface area (Å²) in [7, 11) is -0.564. The lowest BCUT2D eigenvalue weighted by Crippen LogP contribution is -2.43. The van der Waals surface area contributed by atoms with Gasteiger partial charge in [0, 0.05) is 42.5 Å². The minimum Gasteiger partial charge on any atom is -0.493 e. The number of para-hydroxylation sites is 1. The Labute approximate surface area is 291 Å². The number of methoxy groups -OCH3 is 2. The van der Waals surface area contributed by atoms with E-state index in [9.17, 15) is 23.3 Å². The molecule has 1 aromatic heterocycles. The van der Waals surface area contributed by atoms with E-state index in [1.165, 1.54) is 11.4 Å². The van der Waals surface area contributed by atoms with Crippen LogP contribution in [0.5, 0.6) is 11.5 Å². The first-order valence-electron chi connectivity index (χ1n) is 16.3. The van der Waals surface area contributed by atoms with Gasteiger partial charge in [0.1, 0.15) is 11.6 Å². The summed E-state index contributed by atoms with van der Waals surface area (Å²) in [5.74, 6) is -0.107. The summed E-state index contributed by atoms with van der Waals surface area (Å²) in [5.41, 5.74) is 3.61. The van der Waals surface area contributed by atoms with Crippen molar-refractivity contribution in [3.8, 4) is 34.5 Å². The third kappa shape index (κ3) is 6.70. The van der Waals surface area contributed by atoms with Crippen molar-refractivity contribution < 1.29 is 27.5 Å². The Morgan fingerprint density at radius 2 is 1.60 bits per heavy atom. The Kier molecular flexibility index (Phi) is 9.99. The number of rotatable bonds is 10. The van der Waals surface area contributed by atoms with Gasteiger partial charge in [0.15, 0.2) is 11.5 Å². The molecule has 0 N–H and O–H groups in total. The number of nitrogens with zero attached hydrogens (tertiary/aromatic N) is 5. The van der Waals surface area contributed by atoms with E-state index < -0.39 is 21.8 Å². The quantitative estimate of drug-likeness (QED) is 0.156. The molecule has 0 aliphatic carbocycles. The topological polar surface area (TPSA) is 135 Å². The highest BCUT2D eigenvalue weighted by molar-refractivity contribution is 7.89. The third-order valence-electron chi connectivity index (χ3n) is 9.04. The molecule has 6 rings (SSSR count). The number of nitriles is 1. The Hall–Kier alpha value is -5.51. The SMILES string of the molecule is COc1ccc(CCN2C(=O)C(C#N)=C(C)/C(=C\c3cn(-c4ccccc4)nc3-c3ccc(S(=O)(=O)N4CCCCC4)cc3)C2=O)cc1OC. The number of sulfonamides is 1. The van der Waals surface area contributed by atoms with E-state index >= 15 is 0 Å². The fourth-order valence-electron chi connectivity index (χ4n) is 6.23. The molecule has 0 radical (unpaired) electrons. The van der Waals surface area contributed by atoms with Crippen LogP contribution in [0.2, 0.25) is 0 Å². The van der Waals surface area contributed by atoms with Crippen LogP contribution < -0.4 is 9.47 Å². The molecule has 0 unspecified atom stereocenters. The highest BCUT2D eigenvalue weighted by atomic mass is 32.2. The van der Waals surface area contributed by atoms with E-state index in [2.05, 4.69) is 0 Å². The van der Waals surface area contributed by atoms with Gasteiger partial charge in [-0.15, -0.1) is 0 Å². The van der Waals surface area contributed by atoms with Gasteiger partial charge >= 0.3 is 0 Å². The Balaban J connectivity index is 1.38. The van der Waals surface area contributed by atoms with Crippen LogP contribution in [0.4, 0.5) is 0 Å². The largest absolute Gasteiger partial charge is 0.493 e. The van der Waals surface area contributed by atoms with Gasteiger partial charge in [-0.3, -0.25) is 14.5 Å². The highest BCUT2D eigenvalue weighted by Gasteiger charge is 2.35. The molecule has 3 aromatic carbocycles. The van der Waals surface area contributed by atoms with Gasteiger partial charge in [-0.05, 0) is 79.8 Å². The normalized spacial score (nSPS) is 16.5. The minimum atomic E-state index is -3.64. The van der Waals surface area contributed by atoms with Gasteiger partial charge in [0.25, 0.3) is 11.8 Å². The molecule has 2 aliphatic heterocycles. The molecule has 1 saturated heterocycles. The fourth-order valence-corrected chi connectivity index (χ4v) is 7.75. The number of hydrogen-bond acceptors (Lipinski definition) is 8. The molecule has 3 heterocycles. The first kappa shape index (κ1) is 34.4. The highest BCUT2D eigenvalue weighted by Crippen LogP contribution is 2.33. The van der Waals surface area contributed by atoms with Crippen molar-refractivity contribution in [3.63, 3.8) is 0 Å². The van der Waals surface area contributed by atoms with Crippen LogP contribution in [-0.2, 0) is 26.0 Å². The Bertz CT molecular complexity index is 2140. The second-order valence-electron chi connectivity index (χ2n) is 12.1. The number of ether oxygens (including phenoxy) is 2. The standard InChI is InChI=1S/C38H37N5O6S/c1-26-32(37(44)42(38(45)33(26)24-39)21-18-27-12-17-34(48-2)35(22-27)49-3)23-29-25-43(30-10-6-4-7-11-30)40-36(29)28-13-15-31(16-14-28)50(46,47)41-19-8-5-9-20-41/h4,6-7,10-17,22-23,25H,5,8-9,18-21H2,1-3H3/b32-23+. The first-order chi connectivity index (χ1) is 24.2. The zero-order chi connectivity index (χ0) is 35.4. The van der Waals surface area contributed by atoms with Crippen LogP contribution in [0.15, 0.2) is 101 Å². The van der Waals surface area contributed by atoms with Crippen LogP contribution in [0.1, 0.15) is 37.3 Å². The molecule has 2 aliphatic rings. The average Bonchev–Trinajstić information content (AvgIpc) is 3.58. The van der Waals surface area contributed by atoms with Crippen LogP contribution in [0, 0.1) is 11.3 Å². The minimum absolute atomic E-state index is 0.0338. The molecule has 1 fully saturated rings. The van der Waals surface area contributed by atoms with Crippen molar-refractivity contribution in [2.24, 2.45) is 0 Å². The molecule has 4 aromatic rings.